The van der Waals surface area contributed by atoms with Crippen LogP contribution in [0.2, 0.25) is 0 Å². The minimum Gasteiger partial charge on any atom is -0.352 e. The first-order valence-corrected chi connectivity index (χ1v) is 8.49. The summed E-state index contributed by atoms with van der Waals surface area (Å²) >= 11 is 0. The van der Waals surface area contributed by atoms with Crippen LogP contribution in [0, 0.1) is 5.92 Å². The molecule has 2 amide bonds. The standard InChI is InChI=1S/C20H21F3N2O2/c1-13(2)12-24-18(26)16-8-6-14(7-9-16)10-15-4-3-5-17(11-15)25-19(27)20(21,22)23/h3-9,11,13H,10,12H2,1-2H3,(H,24,26)(H,25,27). The highest BCUT2D eigenvalue weighted by molar-refractivity contribution is 5.95. The summed E-state index contributed by atoms with van der Waals surface area (Å²) in [5.41, 5.74) is 2.27. The highest BCUT2D eigenvalue weighted by Gasteiger charge is 2.38. The zero-order valence-electron chi connectivity index (χ0n) is 15.1. The third-order valence-corrected chi connectivity index (χ3v) is 3.74. The predicted molar refractivity (Wildman–Crippen MR) is 97.5 cm³/mol. The topological polar surface area (TPSA) is 58.2 Å². The summed E-state index contributed by atoms with van der Waals surface area (Å²) in [6, 6.07) is 13.2. The number of hydrogen-bond acceptors (Lipinski definition) is 2. The predicted octanol–water partition coefficient (Wildman–Crippen LogP) is 4.16. The highest BCUT2D eigenvalue weighted by Crippen LogP contribution is 2.20. The van der Waals surface area contributed by atoms with Gasteiger partial charge in [-0.2, -0.15) is 13.2 Å². The molecule has 2 aromatic carbocycles. The minimum atomic E-state index is -4.93. The van der Waals surface area contributed by atoms with E-state index in [9.17, 15) is 22.8 Å². The van der Waals surface area contributed by atoms with Crippen molar-refractivity contribution in [2.75, 3.05) is 11.9 Å². The van der Waals surface area contributed by atoms with E-state index in [0.29, 0.717) is 24.4 Å². The Hall–Kier alpha value is -2.83. The van der Waals surface area contributed by atoms with Crippen LogP contribution >= 0.6 is 0 Å². The van der Waals surface area contributed by atoms with Crippen molar-refractivity contribution < 1.29 is 22.8 Å². The van der Waals surface area contributed by atoms with Crippen molar-refractivity contribution in [3.63, 3.8) is 0 Å². The lowest BCUT2D eigenvalue weighted by atomic mass is 10.0. The van der Waals surface area contributed by atoms with Crippen molar-refractivity contribution in [3.8, 4) is 0 Å². The lowest BCUT2D eigenvalue weighted by Gasteiger charge is -2.10. The van der Waals surface area contributed by atoms with Crippen molar-refractivity contribution in [3.05, 3.63) is 65.2 Å². The molecule has 0 unspecified atom stereocenters. The quantitative estimate of drug-likeness (QED) is 0.793. The van der Waals surface area contributed by atoms with Crippen LogP contribution in [0.15, 0.2) is 48.5 Å². The average molecular weight is 378 g/mol. The zero-order chi connectivity index (χ0) is 20.0. The molecule has 2 N–H and O–H groups in total. The van der Waals surface area contributed by atoms with Gasteiger partial charge in [-0.05, 0) is 47.7 Å². The Bertz CT molecular complexity index is 800. The van der Waals surface area contributed by atoms with E-state index in [0.717, 1.165) is 11.1 Å². The number of hydrogen-bond donors (Lipinski definition) is 2. The molecule has 0 radical (unpaired) electrons. The number of anilines is 1. The summed E-state index contributed by atoms with van der Waals surface area (Å²) < 4.78 is 37.0. The van der Waals surface area contributed by atoms with Crippen molar-refractivity contribution in [2.45, 2.75) is 26.4 Å². The summed E-state index contributed by atoms with van der Waals surface area (Å²) in [5, 5.41) is 4.67. The van der Waals surface area contributed by atoms with Gasteiger partial charge in [-0.15, -0.1) is 0 Å². The van der Waals surface area contributed by atoms with Gasteiger partial charge in [-0.25, -0.2) is 0 Å². The van der Waals surface area contributed by atoms with Crippen molar-refractivity contribution in [1.82, 2.24) is 5.32 Å². The van der Waals surface area contributed by atoms with E-state index in [1.807, 2.05) is 19.2 Å². The Kier molecular flexibility index (Phi) is 6.60. The summed E-state index contributed by atoms with van der Waals surface area (Å²) in [4.78, 5) is 23.0. The molecule has 0 saturated heterocycles. The molecule has 4 nitrogen and oxygen atoms in total. The first-order valence-electron chi connectivity index (χ1n) is 8.49. The molecule has 7 heteroatoms. The van der Waals surface area contributed by atoms with Crippen LogP contribution in [-0.2, 0) is 11.2 Å². The Balaban J connectivity index is 2.02. The van der Waals surface area contributed by atoms with Gasteiger partial charge in [0.1, 0.15) is 0 Å². The molecule has 0 aliphatic carbocycles. The van der Waals surface area contributed by atoms with Crippen molar-refractivity contribution in [2.24, 2.45) is 5.92 Å². The maximum Gasteiger partial charge on any atom is 0.471 e. The monoisotopic (exact) mass is 378 g/mol. The highest BCUT2D eigenvalue weighted by atomic mass is 19.4. The molecule has 0 atom stereocenters. The second-order valence-corrected chi connectivity index (χ2v) is 6.63. The smallest absolute Gasteiger partial charge is 0.352 e. The van der Waals surface area contributed by atoms with Crippen LogP contribution in [0.1, 0.15) is 35.3 Å². The molecular formula is C20H21F3N2O2. The number of benzene rings is 2. The van der Waals surface area contributed by atoms with E-state index in [1.54, 1.807) is 36.4 Å². The Morgan fingerprint density at radius 1 is 1.00 bits per heavy atom. The molecule has 0 spiro atoms. The van der Waals surface area contributed by atoms with Gasteiger partial charge in [0.15, 0.2) is 0 Å². The van der Waals surface area contributed by atoms with Crippen LogP contribution in [-0.4, -0.2) is 24.5 Å². The summed E-state index contributed by atoms with van der Waals surface area (Å²) in [7, 11) is 0. The Labute approximate surface area is 155 Å². The molecule has 0 aromatic heterocycles. The second kappa shape index (κ2) is 8.70. The SMILES string of the molecule is CC(C)CNC(=O)c1ccc(Cc2cccc(NC(=O)C(F)(F)F)c2)cc1. The fraction of sp³-hybridized carbons (Fsp3) is 0.300. The minimum absolute atomic E-state index is 0.0829. The summed E-state index contributed by atoms with van der Waals surface area (Å²) in [6.45, 7) is 4.61. The van der Waals surface area contributed by atoms with Crippen LogP contribution < -0.4 is 10.6 Å². The number of halogens is 3. The summed E-state index contributed by atoms with van der Waals surface area (Å²) in [6.07, 6.45) is -4.47. The van der Waals surface area contributed by atoms with Gasteiger partial charge in [0, 0.05) is 17.8 Å². The molecule has 0 heterocycles. The van der Waals surface area contributed by atoms with Crippen LogP contribution in [0.4, 0.5) is 18.9 Å². The van der Waals surface area contributed by atoms with E-state index >= 15 is 0 Å². The van der Waals surface area contributed by atoms with Crippen LogP contribution in [0.3, 0.4) is 0 Å². The Morgan fingerprint density at radius 2 is 1.67 bits per heavy atom. The fourth-order valence-corrected chi connectivity index (χ4v) is 2.37. The number of alkyl halides is 3. The number of carbonyl (C=O) groups excluding carboxylic acids is 2. The van der Waals surface area contributed by atoms with Crippen molar-refractivity contribution >= 4 is 17.5 Å². The van der Waals surface area contributed by atoms with Gasteiger partial charge in [0.25, 0.3) is 5.91 Å². The molecular weight excluding hydrogens is 357 g/mol. The molecule has 0 bridgehead atoms. The largest absolute Gasteiger partial charge is 0.471 e. The lowest BCUT2D eigenvalue weighted by Crippen LogP contribution is -2.29. The molecule has 0 aliphatic heterocycles. The number of amides is 2. The summed E-state index contributed by atoms with van der Waals surface area (Å²) in [5.74, 6) is -1.79. The van der Waals surface area contributed by atoms with Gasteiger partial charge < -0.3 is 10.6 Å². The number of rotatable bonds is 6. The van der Waals surface area contributed by atoms with E-state index in [-0.39, 0.29) is 11.6 Å². The first-order chi connectivity index (χ1) is 12.6. The van der Waals surface area contributed by atoms with E-state index < -0.39 is 12.1 Å². The van der Waals surface area contributed by atoms with Gasteiger partial charge in [-0.1, -0.05) is 38.1 Å². The molecule has 27 heavy (non-hydrogen) atoms. The normalized spacial score (nSPS) is 11.3. The molecule has 0 saturated carbocycles. The maximum atomic E-state index is 12.3. The van der Waals surface area contributed by atoms with Crippen LogP contribution in [0.25, 0.3) is 0 Å². The zero-order valence-corrected chi connectivity index (χ0v) is 15.1. The molecule has 0 aliphatic rings. The molecule has 2 aromatic rings. The van der Waals surface area contributed by atoms with Crippen LogP contribution in [0.5, 0.6) is 0 Å². The lowest BCUT2D eigenvalue weighted by molar-refractivity contribution is -0.167. The van der Waals surface area contributed by atoms with Gasteiger partial charge in [0.2, 0.25) is 0 Å². The average Bonchev–Trinajstić information content (AvgIpc) is 2.60. The first kappa shape index (κ1) is 20.5. The second-order valence-electron chi connectivity index (χ2n) is 6.63. The molecule has 2 rings (SSSR count). The molecule has 0 fully saturated rings. The van der Waals surface area contributed by atoms with Gasteiger partial charge in [0.05, 0.1) is 0 Å². The van der Waals surface area contributed by atoms with E-state index in [4.69, 9.17) is 0 Å². The number of carbonyl (C=O) groups is 2. The van der Waals surface area contributed by atoms with Crippen molar-refractivity contribution in [1.29, 1.82) is 0 Å². The maximum absolute atomic E-state index is 12.3. The van der Waals surface area contributed by atoms with E-state index in [1.165, 1.54) is 12.1 Å². The number of nitrogens with one attached hydrogen (secondary N) is 2. The van der Waals surface area contributed by atoms with E-state index in [2.05, 4.69) is 5.32 Å². The molecule has 144 valence electrons. The van der Waals surface area contributed by atoms with Gasteiger partial charge >= 0.3 is 12.1 Å². The Morgan fingerprint density at radius 3 is 2.26 bits per heavy atom. The van der Waals surface area contributed by atoms with Gasteiger partial charge in [-0.3, -0.25) is 9.59 Å². The fourth-order valence-electron chi connectivity index (χ4n) is 2.37. The third-order valence-electron chi connectivity index (χ3n) is 3.74. The third kappa shape index (κ3) is 6.44.